The number of nitrogens with zero attached hydrogens (tertiary/aromatic N) is 1. The Hall–Kier alpha value is -2.69. The lowest BCUT2D eigenvalue weighted by molar-refractivity contribution is -0.187. The van der Waals surface area contributed by atoms with Crippen LogP contribution in [-0.2, 0) is 19.1 Å². The average molecular weight is 299 g/mol. The first-order valence-electron chi connectivity index (χ1n) is 6.84. The van der Waals surface area contributed by atoms with Gasteiger partial charge in [-0.25, -0.2) is 0 Å². The molecule has 5 nitrogen and oxygen atoms in total. The molecule has 0 fully saturated rings. The third-order valence-corrected chi connectivity index (χ3v) is 3.00. The van der Waals surface area contributed by atoms with Crippen molar-refractivity contribution in [3.8, 4) is 11.1 Å². The van der Waals surface area contributed by atoms with Gasteiger partial charge in [0.25, 0.3) is 6.29 Å². The van der Waals surface area contributed by atoms with Gasteiger partial charge in [-0.15, -0.1) is 0 Å². The Balaban J connectivity index is 2.42. The number of rotatable bonds is 4. The highest BCUT2D eigenvalue weighted by molar-refractivity contribution is 5.69. The smallest absolute Gasteiger partial charge is 0.306 e. The third-order valence-electron chi connectivity index (χ3n) is 3.00. The van der Waals surface area contributed by atoms with E-state index in [0.29, 0.717) is 5.69 Å². The molecule has 0 aliphatic rings. The number of ether oxygens (including phenoxy) is 2. The highest BCUT2D eigenvalue weighted by Gasteiger charge is 2.20. The number of aromatic nitrogens is 1. The van der Waals surface area contributed by atoms with E-state index in [2.05, 4.69) is 4.98 Å². The SMILES string of the molecule is CC(=O)OC(OC(C)=O)c1cc(-c2ccccc2)c(C)cn1. The van der Waals surface area contributed by atoms with Gasteiger partial charge < -0.3 is 9.47 Å². The molecule has 0 bridgehead atoms. The number of benzene rings is 1. The fourth-order valence-electron chi connectivity index (χ4n) is 2.04. The van der Waals surface area contributed by atoms with Gasteiger partial charge in [0.05, 0.1) is 0 Å². The summed E-state index contributed by atoms with van der Waals surface area (Å²) >= 11 is 0. The van der Waals surface area contributed by atoms with Gasteiger partial charge in [0.15, 0.2) is 0 Å². The fourth-order valence-corrected chi connectivity index (χ4v) is 2.04. The summed E-state index contributed by atoms with van der Waals surface area (Å²) < 4.78 is 10.1. The van der Waals surface area contributed by atoms with Gasteiger partial charge in [-0.2, -0.15) is 0 Å². The molecule has 0 spiro atoms. The van der Waals surface area contributed by atoms with Crippen LogP contribution in [0.4, 0.5) is 0 Å². The van der Waals surface area contributed by atoms with Gasteiger partial charge in [-0.1, -0.05) is 30.3 Å². The monoisotopic (exact) mass is 299 g/mol. The number of carbonyl (C=O) groups is 2. The predicted molar refractivity (Wildman–Crippen MR) is 80.7 cm³/mol. The van der Waals surface area contributed by atoms with E-state index in [0.717, 1.165) is 16.7 Å². The zero-order valence-corrected chi connectivity index (χ0v) is 12.7. The summed E-state index contributed by atoms with van der Waals surface area (Å²) in [6, 6.07) is 11.5. The molecule has 2 rings (SSSR count). The molecule has 0 saturated heterocycles. The summed E-state index contributed by atoms with van der Waals surface area (Å²) in [6.07, 6.45) is 0.524. The molecular formula is C17H17NO4. The highest BCUT2D eigenvalue weighted by atomic mass is 16.7. The van der Waals surface area contributed by atoms with Crippen molar-refractivity contribution in [2.45, 2.75) is 27.1 Å². The second kappa shape index (κ2) is 6.85. The molecular weight excluding hydrogens is 282 g/mol. The number of hydrogen-bond donors (Lipinski definition) is 0. The Morgan fingerprint density at radius 3 is 2.18 bits per heavy atom. The number of pyridine rings is 1. The lowest BCUT2D eigenvalue weighted by atomic mass is 10.0. The zero-order valence-electron chi connectivity index (χ0n) is 12.7. The van der Waals surface area contributed by atoms with Crippen molar-refractivity contribution in [3.05, 3.63) is 53.9 Å². The summed E-state index contributed by atoms with van der Waals surface area (Å²) in [4.78, 5) is 26.6. The van der Waals surface area contributed by atoms with E-state index in [1.165, 1.54) is 13.8 Å². The average Bonchev–Trinajstić information content (AvgIpc) is 2.47. The van der Waals surface area contributed by atoms with E-state index in [9.17, 15) is 9.59 Å². The van der Waals surface area contributed by atoms with Crippen LogP contribution in [0.2, 0.25) is 0 Å². The molecule has 114 valence electrons. The standard InChI is InChI=1S/C17H17NO4/c1-11-10-18-16(17(21-12(2)19)22-13(3)20)9-15(11)14-7-5-4-6-8-14/h4-10,17H,1-3H3. The van der Waals surface area contributed by atoms with Crippen LogP contribution < -0.4 is 0 Å². The quantitative estimate of drug-likeness (QED) is 0.641. The van der Waals surface area contributed by atoms with Crippen molar-refractivity contribution in [1.29, 1.82) is 0 Å². The van der Waals surface area contributed by atoms with Crippen LogP contribution in [0.5, 0.6) is 0 Å². The van der Waals surface area contributed by atoms with Crippen molar-refractivity contribution < 1.29 is 19.1 Å². The van der Waals surface area contributed by atoms with Crippen molar-refractivity contribution in [1.82, 2.24) is 4.98 Å². The van der Waals surface area contributed by atoms with Gasteiger partial charge in [-0.05, 0) is 29.7 Å². The van der Waals surface area contributed by atoms with Crippen LogP contribution in [0.15, 0.2) is 42.6 Å². The lowest BCUT2D eigenvalue weighted by Crippen LogP contribution is -2.16. The van der Waals surface area contributed by atoms with E-state index in [-0.39, 0.29) is 0 Å². The Labute approximate surface area is 128 Å². The van der Waals surface area contributed by atoms with Crippen molar-refractivity contribution in [3.63, 3.8) is 0 Å². The van der Waals surface area contributed by atoms with E-state index < -0.39 is 18.2 Å². The Morgan fingerprint density at radius 2 is 1.64 bits per heavy atom. The first-order valence-corrected chi connectivity index (χ1v) is 6.84. The summed E-state index contributed by atoms with van der Waals surface area (Å²) in [5.41, 5.74) is 3.29. The van der Waals surface area contributed by atoms with Crippen LogP contribution in [-0.4, -0.2) is 16.9 Å². The zero-order chi connectivity index (χ0) is 16.1. The topological polar surface area (TPSA) is 65.5 Å². The minimum Gasteiger partial charge on any atom is -0.419 e. The maximum Gasteiger partial charge on any atom is 0.306 e. The van der Waals surface area contributed by atoms with Gasteiger partial charge >= 0.3 is 11.9 Å². The molecule has 2 aromatic rings. The summed E-state index contributed by atoms with van der Waals surface area (Å²) in [5, 5.41) is 0. The van der Waals surface area contributed by atoms with E-state index in [1.54, 1.807) is 12.3 Å². The molecule has 1 aromatic heterocycles. The highest BCUT2D eigenvalue weighted by Crippen LogP contribution is 2.27. The Bertz CT molecular complexity index is 666. The second-order valence-corrected chi connectivity index (χ2v) is 4.84. The predicted octanol–water partition coefficient (Wildman–Crippen LogP) is 3.18. The van der Waals surface area contributed by atoms with Gasteiger partial charge in [-0.3, -0.25) is 14.6 Å². The minimum atomic E-state index is -1.14. The van der Waals surface area contributed by atoms with E-state index in [4.69, 9.17) is 9.47 Å². The van der Waals surface area contributed by atoms with Crippen molar-refractivity contribution >= 4 is 11.9 Å². The van der Waals surface area contributed by atoms with Gasteiger partial charge in [0.2, 0.25) is 0 Å². The maximum absolute atomic E-state index is 11.2. The second-order valence-electron chi connectivity index (χ2n) is 4.84. The summed E-state index contributed by atoms with van der Waals surface area (Å²) in [7, 11) is 0. The molecule has 0 radical (unpaired) electrons. The molecule has 0 saturated carbocycles. The van der Waals surface area contributed by atoms with Crippen molar-refractivity contribution in [2.75, 3.05) is 0 Å². The normalized spacial score (nSPS) is 10.4. The first kappa shape index (κ1) is 15.7. The van der Waals surface area contributed by atoms with Crippen LogP contribution in [0.25, 0.3) is 11.1 Å². The molecule has 0 atom stereocenters. The van der Waals surface area contributed by atoms with Gasteiger partial charge in [0, 0.05) is 20.0 Å². The summed E-state index contributed by atoms with van der Waals surface area (Å²) in [5.74, 6) is -1.09. The fraction of sp³-hybridized carbons (Fsp3) is 0.235. The molecule has 0 unspecified atom stereocenters. The van der Waals surface area contributed by atoms with Crippen LogP contribution in [0, 0.1) is 6.92 Å². The summed E-state index contributed by atoms with van der Waals surface area (Å²) in [6.45, 7) is 4.44. The largest absolute Gasteiger partial charge is 0.419 e. The van der Waals surface area contributed by atoms with Crippen LogP contribution in [0.1, 0.15) is 31.4 Å². The first-order chi connectivity index (χ1) is 10.5. The molecule has 0 aliphatic carbocycles. The number of carbonyl (C=O) groups excluding carboxylic acids is 2. The molecule has 1 heterocycles. The number of hydrogen-bond acceptors (Lipinski definition) is 5. The lowest BCUT2D eigenvalue weighted by Gasteiger charge is -2.17. The molecule has 0 amide bonds. The van der Waals surface area contributed by atoms with Crippen LogP contribution >= 0.6 is 0 Å². The third kappa shape index (κ3) is 3.91. The molecule has 0 N–H and O–H groups in total. The van der Waals surface area contributed by atoms with E-state index >= 15 is 0 Å². The van der Waals surface area contributed by atoms with Crippen LogP contribution in [0.3, 0.4) is 0 Å². The van der Waals surface area contributed by atoms with E-state index in [1.807, 2.05) is 37.3 Å². The Kier molecular flexibility index (Phi) is 4.88. The number of esters is 2. The van der Waals surface area contributed by atoms with Crippen molar-refractivity contribution in [2.24, 2.45) is 0 Å². The molecule has 5 heteroatoms. The van der Waals surface area contributed by atoms with Gasteiger partial charge in [0.1, 0.15) is 5.69 Å². The maximum atomic E-state index is 11.2. The molecule has 22 heavy (non-hydrogen) atoms. The molecule has 1 aromatic carbocycles. The number of aryl methyl sites for hydroxylation is 1. The minimum absolute atomic E-state index is 0.370. The Morgan fingerprint density at radius 1 is 1.05 bits per heavy atom. The molecule has 0 aliphatic heterocycles.